The molecule has 0 spiro atoms. The summed E-state index contributed by atoms with van der Waals surface area (Å²) in [6.07, 6.45) is 1.55. The second-order valence-corrected chi connectivity index (χ2v) is 4.75. The maximum atomic E-state index is 11.7. The van der Waals surface area contributed by atoms with Crippen LogP contribution >= 0.6 is 0 Å². The van der Waals surface area contributed by atoms with Gasteiger partial charge in [-0.25, -0.2) is 0 Å². The van der Waals surface area contributed by atoms with Gasteiger partial charge < -0.3 is 15.2 Å². The molecular weight excluding hydrogens is 300 g/mol. The second kappa shape index (κ2) is 7.74. The van der Waals surface area contributed by atoms with E-state index in [9.17, 15) is 19.7 Å². The van der Waals surface area contributed by atoms with Crippen molar-refractivity contribution in [1.82, 2.24) is 9.88 Å². The number of hydrogen-bond donors (Lipinski definition) is 2. The van der Waals surface area contributed by atoms with Crippen LogP contribution in [0.25, 0.3) is 0 Å². The molecule has 0 saturated carbocycles. The molecule has 2 rings (SSSR count). The third-order valence-corrected chi connectivity index (χ3v) is 3.07. The first-order valence-electron chi connectivity index (χ1n) is 6.97. The molecule has 2 N–H and O–H groups in total. The highest BCUT2D eigenvalue weighted by Gasteiger charge is 2.04. The number of nitrogens with zero attached hydrogens (tertiary/aromatic N) is 2. The number of hydrogen-bond acceptors (Lipinski definition) is 5. The molecule has 0 aliphatic rings. The summed E-state index contributed by atoms with van der Waals surface area (Å²) in [6, 6.07) is 10.7. The summed E-state index contributed by atoms with van der Waals surface area (Å²) in [5, 5.41) is 16.3. The van der Waals surface area contributed by atoms with E-state index in [1.807, 2.05) is 0 Å². The quantitative estimate of drug-likeness (QED) is 0.450. The number of nitrogens with one attached hydrogen (secondary N) is 2. The zero-order valence-corrected chi connectivity index (χ0v) is 12.3. The van der Waals surface area contributed by atoms with E-state index < -0.39 is 4.92 Å². The SMILES string of the molecule is O=C(Cn1ccccc1=O)NCCNc1ccc([N+](=O)[O-])cc1. The van der Waals surface area contributed by atoms with Gasteiger partial charge in [-0.05, 0) is 18.2 Å². The minimum atomic E-state index is -0.463. The normalized spacial score (nSPS) is 10.1. The number of carbonyl (C=O) groups excluding carboxylic acids is 1. The van der Waals surface area contributed by atoms with Gasteiger partial charge in [0.05, 0.1) is 4.92 Å². The van der Waals surface area contributed by atoms with E-state index in [0.717, 1.165) is 5.69 Å². The molecule has 0 saturated heterocycles. The topological polar surface area (TPSA) is 106 Å². The van der Waals surface area contributed by atoms with Gasteiger partial charge in [-0.2, -0.15) is 0 Å². The standard InChI is InChI=1S/C15H16N4O4/c20-14(11-18-10-2-1-3-15(18)21)17-9-8-16-12-4-6-13(7-5-12)19(22)23/h1-7,10,16H,8-9,11H2,(H,17,20). The van der Waals surface area contributed by atoms with Crippen molar-refractivity contribution in [2.75, 3.05) is 18.4 Å². The molecule has 23 heavy (non-hydrogen) atoms. The predicted octanol–water partition coefficient (Wildman–Crippen LogP) is 0.985. The molecule has 1 heterocycles. The molecule has 2 aromatic rings. The third-order valence-electron chi connectivity index (χ3n) is 3.07. The number of benzene rings is 1. The monoisotopic (exact) mass is 316 g/mol. The van der Waals surface area contributed by atoms with Crippen LogP contribution in [0.3, 0.4) is 0 Å². The molecule has 0 atom stereocenters. The molecule has 0 bridgehead atoms. The van der Waals surface area contributed by atoms with Crippen molar-refractivity contribution in [2.45, 2.75) is 6.54 Å². The fourth-order valence-electron chi connectivity index (χ4n) is 1.91. The summed E-state index contributed by atoms with van der Waals surface area (Å²) in [5.74, 6) is -0.260. The molecule has 0 radical (unpaired) electrons. The minimum absolute atomic E-state index is 0.0251. The summed E-state index contributed by atoms with van der Waals surface area (Å²) in [4.78, 5) is 33.3. The van der Waals surface area contributed by atoms with Crippen molar-refractivity contribution in [1.29, 1.82) is 0 Å². The second-order valence-electron chi connectivity index (χ2n) is 4.75. The van der Waals surface area contributed by atoms with Crippen LogP contribution in [0.15, 0.2) is 53.5 Å². The highest BCUT2D eigenvalue weighted by atomic mass is 16.6. The van der Waals surface area contributed by atoms with E-state index in [-0.39, 0.29) is 23.7 Å². The molecule has 8 heteroatoms. The number of amides is 1. The maximum absolute atomic E-state index is 11.7. The fraction of sp³-hybridized carbons (Fsp3) is 0.200. The number of nitro benzene ring substituents is 1. The van der Waals surface area contributed by atoms with Gasteiger partial charge in [0.1, 0.15) is 6.54 Å². The summed E-state index contributed by atoms with van der Waals surface area (Å²) in [7, 11) is 0. The van der Waals surface area contributed by atoms with Crippen LogP contribution < -0.4 is 16.2 Å². The zero-order valence-electron chi connectivity index (χ0n) is 12.3. The van der Waals surface area contributed by atoms with Crippen LogP contribution in [0, 0.1) is 10.1 Å². The predicted molar refractivity (Wildman–Crippen MR) is 85.3 cm³/mol. The van der Waals surface area contributed by atoms with Crippen molar-refractivity contribution in [3.05, 3.63) is 69.1 Å². The van der Waals surface area contributed by atoms with E-state index in [1.54, 1.807) is 30.5 Å². The molecule has 0 unspecified atom stereocenters. The Hall–Kier alpha value is -3.16. The Morgan fingerprint density at radius 2 is 1.87 bits per heavy atom. The lowest BCUT2D eigenvalue weighted by Crippen LogP contribution is -2.34. The lowest BCUT2D eigenvalue weighted by atomic mass is 10.3. The summed E-state index contributed by atoms with van der Waals surface area (Å²) in [6.45, 7) is 0.807. The highest BCUT2D eigenvalue weighted by Crippen LogP contribution is 2.14. The summed E-state index contributed by atoms with van der Waals surface area (Å²) >= 11 is 0. The Bertz CT molecular complexity index is 740. The van der Waals surface area contributed by atoms with E-state index in [0.29, 0.717) is 13.1 Å². The molecular formula is C15H16N4O4. The molecule has 8 nitrogen and oxygen atoms in total. The molecule has 0 fully saturated rings. The Labute approximate surface area is 131 Å². The number of aromatic nitrogens is 1. The van der Waals surface area contributed by atoms with Crippen LogP contribution in [0.2, 0.25) is 0 Å². The Morgan fingerprint density at radius 3 is 2.52 bits per heavy atom. The van der Waals surface area contributed by atoms with Crippen LogP contribution in [0.5, 0.6) is 0 Å². The first-order valence-corrected chi connectivity index (χ1v) is 6.97. The van der Waals surface area contributed by atoms with E-state index in [4.69, 9.17) is 0 Å². The lowest BCUT2D eigenvalue weighted by Gasteiger charge is -2.09. The molecule has 1 aromatic heterocycles. The van der Waals surface area contributed by atoms with Crippen molar-refractivity contribution >= 4 is 17.3 Å². The van der Waals surface area contributed by atoms with Gasteiger partial charge in [-0.1, -0.05) is 6.07 Å². The summed E-state index contributed by atoms with van der Waals surface area (Å²) < 4.78 is 1.32. The van der Waals surface area contributed by atoms with Gasteiger partial charge in [0, 0.05) is 43.2 Å². The van der Waals surface area contributed by atoms with Crippen molar-refractivity contribution in [3.8, 4) is 0 Å². The van der Waals surface area contributed by atoms with Crippen LogP contribution in [0.1, 0.15) is 0 Å². The molecule has 0 aliphatic carbocycles. The number of pyridine rings is 1. The van der Waals surface area contributed by atoms with Crippen LogP contribution in [-0.4, -0.2) is 28.5 Å². The average Bonchev–Trinajstić information content (AvgIpc) is 2.54. The molecule has 1 amide bonds. The minimum Gasteiger partial charge on any atom is -0.383 e. The Morgan fingerprint density at radius 1 is 1.13 bits per heavy atom. The first kappa shape index (κ1) is 16.2. The van der Waals surface area contributed by atoms with Crippen molar-refractivity contribution < 1.29 is 9.72 Å². The van der Waals surface area contributed by atoms with Crippen molar-refractivity contribution in [2.24, 2.45) is 0 Å². The third kappa shape index (κ3) is 4.95. The number of non-ortho nitro benzene ring substituents is 1. The van der Waals surface area contributed by atoms with Gasteiger partial charge in [-0.15, -0.1) is 0 Å². The molecule has 0 aliphatic heterocycles. The first-order chi connectivity index (χ1) is 11.1. The van der Waals surface area contributed by atoms with Gasteiger partial charge in [0.15, 0.2) is 0 Å². The maximum Gasteiger partial charge on any atom is 0.269 e. The number of anilines is 1. The highest BCUT2D eigenvalue weighted by molar-refractivity contribution is 5.75. The smallest absolute Gasteiger partial charge is 0.269 e. The molecule has 1 aromatic carbocycles. The number of carbonyl (C=O) groups is 1. The van der Waals surface area contributed by atoms with Gasteiger partial charge in [-0.3, -0.25) is 19.7 Å². The lowest BCUT2D eigenvalue weighted by molar-refractivity contribution is -0.384. The average molecular weight is 316 g/mol. The van der Waals surface area contributed by atoms with Crippen LogP contribution in [0.4, 0.5) is 11.4 Å². The zero-order chi connectivity index (χ0) is 16.7. The van der Waals surface area contributed by atoms with Crippen molar-refractivity contribution in [3.63, 3.8) is 0 Å². The van der Waals surface area contributed by atoms with Gasteiger partial charge >= 0.3 is 0 Å². The largest absolute Gasteiger partial charge is 0.383 e. The van der Waals surface area contributed by atoms with Gasteiger partial charge in [0.2, 0.25) is 5.91 Å². The van der Waals surface area contributed by atoms with E-state index in [1.165, 1.54) is 22.8 Å². The number of nitro groups is 1. The van der Waals surface area contributed by atoms with E-state index in [2.05, 4.69) is 10.6 Å². The summed E-state index contributed by atoms with van der Waals surface area (Å²) in [5.41, 5.74) is 0.521. The Kier molecular flexibility index (Phi) is 5.45. The number of rotatable bonds is 7. The fourth-order valence-corrected chi connectivity index (χ4v) is 1.91. The van der Waals surface area contributed by atoms with Crippen LogP contribution in [-0.2, 0) is 11.3 Å². The van der Waals surface area contributed by atoms with Gasteiger partial charge in [0.25, 0.3) is 11.2 Å². The Balaban J connectivity index is 1.72. The molecule has 120 valence electrons. The van der Waals surface area contributed by atoms with E-state index >= 15 is 0 Å².